The Morgan fingerprint density at radius 2 is 2.06 bits per heavy atom. The van der Waals surface area contributed by atoms with Crippen LogP contribution in [0.3, 0.4) is 0 Å². The summed E-state index contributed by atoms with van der Waals surface area (Å²) >= 11 is 6.14. The number of halogens is 1. The summed E-state index contributed by atoms with van der Waals surface area (Å²) in [5, 5.41) is 22.0. The van der Waals surface area contributed by atoms with Gasteiger partial charge in [0.25, 0.3) is 0 Å². The molecule has 1 unspecified atom stereocenters. The predicted octanol–water partition coefficient (Wildman–Crippen LogP) is 1.53. The second-order valence-electron chi connectivity index (χ2n) is 4.63. The maximum Gasteiger partial charge on any atom is 0.0895 e. The van der Waals surface area contributed by atoms with Crippen LogP contribution in [-0.2, 0) is 0 Å². The van der Waals surface area contributed by atoms with Gasteiger partial charge in [0.05, 0.1) is 12.7 Å². The summed E-state index contributed by atoms with van der Waals surface area (Å²) in [7, 11) is 0. The number of hydrogen-bond donors (Lipinski definition) is 3. The van der Waals surface area contributed by atoms with E-state index in [1.807, 2.05) is 18.2 Å². The highest BCUT2D eigenvalue weighted by atomic mass is 35.5. The fourth-order valence-electron chi connectivity index (χ4n) is 2.21. The van der Waals surface area contributed by atoms with Crippen molar-refractivity contribution in [2.45, 2.75) is 30.9 Å². The van der Waals surface area contributed by atoms with Crippen molar-refractivity contribution in [3.63, 3.8) is 0 Å². The number of aliphatic hydroxyl groups excluding tert-OH is 2. The fraction of sp³-hybridized carbons (Fsp3) is 0.538. The van der Waals surface area contributed by atoms with Crippen LogP contribution in [0.5, 0.6) is 0 Å². The van der Waals surface area contributed by atoms with E-state index in [1.165, 1.54) is 5.56 Å². The summed E-state index contributed by atoms with van der Waals surface area (Å²) in [6.07, 6.45) is 1.43. The normalized spacial score (nSPS) is 25.4. The molecule has 0 saturated heterocycles. The molecule has 0 bridgehead atoms. The molecule has 3 N–H and O–H groups in total. The van der Waals surface area contributed by atoms with Crippen LogP contribution in [0.15, 0.2) is 24.3 Å². The Bertz CT molecular complexity index is 366. The van der Waals surface area contributed by atoms with Gasteiger partial charge < -0.3 is 15.5 Å². The Labute approximate surface area is 106 Å². The van der Waals surface area contributed by atoms with E-state index in [0.717, 1.165) is 17.9 Å². The van der Waals surface area contributed by atoms with E-state index in [4.69, 9.17) is 16.7 Å². The zero-order valence-corrected chi connectivity index (χ0v) is 10.4. The first-order chi connectivity index (χ1) is 8.20. The average Bonchev–Trinajstić information content (AvgIpc) is 2.28. The lowest BCUT2D eigenvalue weighted by molar-refractivity contribution is 0.0872. The van der Waals surface area contributed by atoms with Gasteiger partial charge in [-0.05, 0) is 30.4 Å². The lowest BCUT2D eigenvalue weighted by Gasteiger charge is -2.37. The zero-order valence-electron chi connectivity index (χ0n) is 9.64. The average molecular weight is 256 g/mol. The molecule has 0 spiro atoms. The van der Waals surface area contributed by atoms with E-state index in [0.29, 0.717) is 18.5 Å². The van der Waals surface area contributed by atoms with Gasteiger partial charge in [0, 0.05) is 17.6 Å². The summed E-state index contributed by atoms with van der Waals surface area (Å²) in [5.41, 5.74) is 1.22. The zero-order chi connectivity index (χ0) is 12.3. The molecule has 0 radical (unpaired) electrons. The van der Waals surface area contributed by atoms with Gasteiger partial charge in [-0.2, -0.15) is 0 Å². The Morgan fingerprint density at radius 1 is 1.35 bits per heavy atom. The molecular formula is C13H18ClNO2. The summed E-state index contributed by atoms with van der Waals surface area (Å²) < 4.78 is 0. The number of rotatable bonds is 5. The minimum absolute atomic E-state index is 0.187. The van der Waals surface area contributed by atoms with Crippen molar-refractivity contribution in [2.75, 3.05) is 13.2 Å². The van der Waals surface area contributed by atoms with Crippen molar-refractivity contribution in [1.29, 1.82) is 0 Å². The van der Waals surface area contributed by atoms with Crippen molar-refractivity contribution in [2.24, 2.45) is 0 Å². The molecule has 1 atom stereocenters. The van der Waals surface area contributed by atoms with Gasteiger partial charge in [0.15, 0.2) is 0 Å². The van der Waals surface area contributed by atoms with Crippen molar-refractivity contribution in [1.82, 2.24) is 5.32 Å². The highest BCUT2D eigenvalue weighted by molar-refractivity contribution is 6.31. The van der Waals surface area contributed by atoms with Gasteiger partial charge in [-0.1, -0.05) is 29.8 Å². The molecule has 0 amide bonds. The van der Waals surface area contributed by atoms with Gasteiger partial charge in [-0.25, -0.2) is 0 Å². The lowest BCUT2D eigenvalue weighted by Crippen LogP contribution is -2.44. The Kier molecular flexibility index (Phi) is 4.40. The number of benzene rings is 1. The molecule has 1 aliphatic rings. The first-order valence-corrected chi connectivity index (χ1v) is 6.35. The van der Waals surface area contributed by atoms with Gasteiger partial charge in [-0.3, -0.25) is 0 Å². The predicted molar refractivity (Wildman–Crippen MR) is 68.3 cm³/mol. The van der Waals surface area contributed by atoms with Crippen LogP contribution >= 0.6 is 11.6 Å². The molecule has 0 heterocycles. The lowest BCUT2D eigenvalue weighted by atomic mass is 9.76. The van der Waals surface area contributed by atoms with E-state index in [2.05, 4.69) is 11.4 Å². The monoisotopic (exact) mass is 255 g/mol. The number of nitrogens with one attached hydrogen (secondary N) is 1. The Morgan fingerprint density at radius 3 is 2.71 bits per heavy atom. The van der Waals surface area contributed by atoms with Gasteiger partial charge >= 0.3 is 0 Å². The summed E-state index contributed by atoms with van der Waals surface area (Å²) in [6.45, 7) is 0.268. The largest absolute Gasteiger partial charge is 0.394 e. The summed E-state index contributed by atoms with van der Waals surface area (Å²) in [4.78, 5) is 0. The molecule has 94 valence electrons. The second-order valence-corrected chi connectivity index (χ2v) is 5.04. The van der Waals surface area contributed by atoms with Crippen LogP contribution in [0.2, 0.25) is 5.02 Å². The van der Waals surface area contributed by atoms with E-state index >= 15 is 0 Å². The molecule has 1 aliphatic carbocycles. The standard InChI is InChI=1S/C13H18ClNO2/c14-13-4-2-1-3-12(13)9-5-10(6-9)15-7-11(17)8-16/h1-4,9-11,15-17H,5-8H2. The molecule has 4 heteroatoms. The molecule has 1 aromatic rings. The van der Waals surface area contributed by atoms with Crippen LogP contribution in [0.1, 0.15) is 24.3 Å². The van der Waals surface area contributed by atoms with Crippen molar-refractivity contribution < 1.29 is 10.2 Å². The smallest absolute Gasteiger partial charge is 0.0895 e. The van der Waals surface area contributed by atoms with E-state index in [1.54, 1.807) is 0 Å². The van der Waals surface area contributed by atoms with Gasteiger partial charge in [-0.15, -0.1) is 0 Å². The maximum atomic E-state index is 9.22. The van der Waals surface area contributed by atoms with Crippen LogP contribution in [0.4, 0.5) is 0 Å². The molecule has 2 rings (SSSR count). The van der Waals surface area contributed by atoms with Crippen LogP contribution < -0.4 is 5.32 Å². The maximum absolute atomic E-state index is 9.22. The topological polar surface area (TPSA) is 52.5 Å². The van der Waals surface area contributed by atoms with Crippen molar-refractivity contribution in [3.8, 4) is 0 Å². The highest BCUT2D eigenvalue weighted by Gasteiger charge is 2.31. The molecule has 0 aromatic heterocycles. The van der Waals surface area contributed by atoms with Crippen LogP contribution in [0.25, 0.3) is 0 Å². The Hall–Kier alpha value is -0.610. The Balaban J connectivity index is 1.77. The van der Waals surface area contributed by atoms with Crippen molar-refractivity contribution >= 4 is 11.6 Å². The molecular weight excluding hydrogens is 238 g/mol. The van der Waals surface area contributed by atoms with Crippen LogP contribution in [-0.4, -0.2) is 35.5 Å². The quantitative estimate of drug-likeness (QED) is 0.748. The third kappa shape index (κ3) is 3.19. The van der Waals surface area contributed by atoms with Gasteiger partial charge in [0.1, 0.15) is 0 Å². The van der Waals surface area contributed by atoms with Crippen molar-refractivity contribution in [3.05, 3.63) is 34.9 Å². The molecule has 1 saturated carbocycles. The highest BCUT2D eigenvalue weighted by Crippen LogP contribution is 2.39. The summed E-state index contributed by atoms with van der Waals surface area (Å²) in [6, 6.07) is 8.38. The fourth-order valence-corrected chi connectivity index (χ4v) is 2.50. The number of hydrogen-bond acceptors (Lipinski definition) is 3. The minimum atomic E-state index is -0.658. The number of aliphatic hydroxyl groups is 2. The first kappa shape index (κ1) is 12.8. The van der Waals surface area contributed by atoms with Gasteiger partial charge in [0.2, 0.25) is 0 Å². The molecule has 1 aromatic carbocycles. The second kappa shape index (κ2) is 5.83. The van der Waals surface area contributed by atoms with Crippen LogP contribution in [0, 0.1) is 0 Å². The molecule has 0 aliphatic heterocycles. The molecule has 17 heavy (non-hydrogen) atoms. The first-order valence-electron chi connectivity index (χ1n) is 5.97. The SMILES string of the molecule is OCC(O)CNC1CC(c2ccccc2Cl)C1. The summed E-state index contributed by atoms with van der Waals surface area (Å²) in [5.74, 6) is 0.521. The third-order valence-corrected chi connectivity index (χ3v) is 3.68. The van der Waals surface area contributed by atoms with E-state index in [9.17, 15) is 5.11 Å². The van der Waals surface area contributed by atoms with E-state index in [-0.39, 0.29) is 6.61 Å². The molecule has 1 fully saturated rings. The third-order valence-electron chi connectivity index (χ3n) is 3.34. The molecule has 3 nitrogen and oxygen atoms in total. The minimum Gasteiger partial charge on any atom is -0.394 e. The van der Waals surface area contributed by atoms with E-state index < -0.39 is 6.10 Å².